The van der Waals surface area contributed by atoms with E-state index in [1.165, 1.54) is 23.3 Å². The number of likely N-dealkylation sites (tertiary alicyclic amines) is 1. The Morgan fingerprint density at radius 1 is 1.29 bits per heavy atom. The molecular formula is C17H20N2S2. The number of hydrogen-bond acceptors (Lipinski definition) is 2. The van der Waals surface area contributed by atoms with Crippen molar-refractivity contribution in [3.8, 4) is 0 Å². The van der Waals surface area contributed by atoms with E-state index in [9.17, 15) is 0 Å². The molecule has 0 aliphatic carbocycles. The molecule has 0 spiro atoms. The predicted octanol–water partition coefficient (Wildman–Crippen LogP) is 4.52. The molecule has 2 aromatic rings. The summed E-state index contributed by atoms with van der Waals surface area (Å²) in [5.41, 5.74) is 1.27. The molecule has 2 nitrogen and oxygen atoms in total. The Labute approximate surface area is 135 Å². The molecule has 1 aromatic carbocycles. The second-order valence-electron chi connectivity index (χ2n) is 5.45. The van der Waals surface area contributed by atoms with Crippen molar-refractivity contribution in [2.75, 3.05) is 6.54 Å². The third-order valence-corrected chi connectivity index (χ3v) is 5.35. The summed E-state index contributed by atoms with van der Waals surface area (Å²) in [6, 6.07) is 15.5. The Morgan fingerprint density at radius 3 is 2.81 bits per heavy atom. The van der Waals surface area contributed by atoms with Gasteiger partial charge in [0.2, 0.25) is 0 Å². The van der Waals surface area contributed by atoms with Gasteiger partial charge in [-0.05, 0) is 49.0 Å². The van der Waals surface area contributed by atoms with E-state index in [-0.39, 0.29) is 6.04 Å². The van der Waals surface area contributed by atoms with Crippen LogP contribution >= 0.6 is 23.6 Å². The van der Waals surface area contributed by atoms with Crippen LogP contribution in [-0.2, 0) is 0 Å². The molecule has 21 heavy (non-hydrogen) atoms. The predicted molar refractivity (Wildman–Crippen MR) is 93.6 cm³/mol. The molecule has 1 fully saturated rings. The Balaban J connectivity index is 1.67. The molecule has 1 saturated heterocycles. The van der Waals surface area contributed by atoms with Gasteiger partial charge in [0.15, 0.2) is 5.11 Å². The van der Waals surface area contributed by atoms with Crippen molar-refractivity contribution in [1.29, 1.82) is 0 Å². The van der Waals surface area contributed by atoms with E-state index in [1.54, 1.807) is 0 Å². The maximum atomic E-state index is 5.66. The van der Waals surface area contributed by atoms with Crippen LogP contribution in [0.4, 0.5) is 0 Å². The fourth-order valence-electron chi connectivity index (χ4n) is 2.88. The highest BCUT2D eigenvalue weighted by Gasteiger charge is 2.29. The normalized spacial score (nSPS) is 19.5. The van der Waals surface area contributed by atoms with E-state index in [0.717, 1.165) is 11.7 Å². The first-order valence-electron chi connectivity index (χ1n) is 7.41. The molecule has 1 aromatic heterocycles. The number of thiocarbonyl (C=S) groups is 1. The fourth-order valence-corrected chi connectivity index (χ4v) is 4.15. The van der Waals surface area contributed by atoms with Crippen molar-refractivity contribution in [2.24, 2.45) is 0 Å². The van der Waals surface area contributed by atoms with Crippen molar-refractivity contribution < 1.29 is 0 Å². The molecule has 2 unspecified atom stereocenters. The second-order valence-corrected chi connectivity index (χ2v) is 6.81. The lowest BCUT2D eigenvalue weighted by molar-refractivity contribution is 0.393. The molecule has 2 heterocycles. The van der Waals surface area contributed by atoms with E-state index >= 15 is 0 Å². The molecular weight excluding hydrogens is 296 g/mol. The number of benzene rings is 1. The van der Waals surface area contributed by atoms with Crippen molar-refractivity contribution >= 4 is 28.7 Å². The first-order valence-corrected chi connectivity index (χ1v) is 8.70. The Kier molecular flexibility index (Phi) is 4.56. The van der Waals surface area contributed by atoms with Gasteiger partial charge in [0.05, 0.1) is 12.1 Å². The molecule has 4 heteroatoms. The van der Waals surface area contributed by atoms with E-state index in [2.05, 4.69) is 58.9 Å². The summed E-state index contributed by atoms with van der Waals surface area (Å²) < 4.78 is 0. The summed E-state index contributed by atoms with van der Waals surface area (Å²) in [4.78, 5) is 3.77. The lowest BCUT2D eigenvalue weighted by atomic mass is 10.1. The molecule has 0 radical (unpaired) electrons. The molecule has 3 rings (SSSR count). The standard InChI is InChI=1S/C17H20N2S2/c1-13(14-7-3-2-4-8-14)18-17(20)19-11-5-9-15(19)16-10-6-12-21-16/h2-4,6-8,10,12-13,15H,5,9,11H2,1H3,(H,18,20). The largest absolute Gasteiger partial charge is 0.356 e. The van der Waals surface area contributed by atoms with Gasteiger partial charge >= 0.3 is 0 Å². The van der Waals surface area contributed by atoms with Gasteiger partial charge in [-0.2, -0.15) is 0 Å². The third-order valence-electron chi connectivity index (χ3n) is 4.02. The van der Waals surface area contributed by atoms with Crippen LogP contribution < -0.4 is 5.32 Å². The van der Waals surface area contributed by atoms with Gasteiger partial charge in [-0.1, -0.05) is 36.4 Å². The van der Waals surface area contributed by atoms with Crippen molar-refractivity contribution in [1.82, 2.24) is 10.2 Å². The molecule has 0 amide bonds. The molecule has 1 N–H and O–H groups in total. The minimum absolute atomic E-state index is 0.239. The zero-order chi connectivity index (χ0) is 14.7. The molecule has 0 bridgehead atoms. The summed E-state index contributed by atoms with van der Waals surface area (Å²) >= 11 is 7.49. The molecule has 2 atom stereocenters. The Morgan fingerprint density at radius 2 is 2.10 bits per heavy atom. The molecule has 0 saturated carbocycles. The monoisotopic (exact) mass is 316 g/mol. The van der Waals surface area contributed by atoms with Crippen LogP contribution in [0.25, 0.3) is 0 Å². The average molecular weight is 316 g/mol. The zero-order valence-electron chi connectivity index (χ0n) is 12.2. The topological polar surface area (TPSA) is 15.3 Å². The summed E-state index contributed by atoms with van der Waals surface area (Å²) in [6.07, 6.45) is 2.41. The van der Waals surface area contributed by atoms with Crippen molar-refractivity contribution in [3.05, 3.63) is 58.3 Å². The first kappa shape index (κ1) is 14.5. The number of thiophene rings is 1. The number of nitrogens with one attached hydrogen (secondary N) is 1. The number of hydrogen-bond donors (Lipinski definition) is 1. The smallest absolute Gasteiger partial charge is 0.169 e. The van der Waals surface area contributed by atoms with Crippen molar-refractivity contribution in [3.63, 3.8) is 0 Å². The molecule has 110 valence electrons. The van der Waals surface area contributed by atoms with Crippen molar-refractivity contribution in [2.45, 2.75) is 31.8 Å². The van der Waals surface area contributed by atoms with E-state index < -0.39 is 0 Å². The van der Waals surface area contributed by atoms with E-state index in [0.29, 0.717) is 6.04 Å². The molecule has 1 aliphatic heterocycles. The summed E-state index contributed by atoms with van der Waals surface area (Å²) in [5.74, 6) is 0. The Hall–Kier alpha value is -1.39. The van der Waals surface area contributed by atoms with Gasteiger partial charge in [0.25, 0.3) is 0 Å². The second kappa shape index (κ2) is 6.58. The third kappa shape index (κ3) is 3.27. The zero-order valence-corrected chi connectivity index (χ0v) is 13.8. The minimum Gasteiger partial charge on any atom is -0.356 e. The van der Waals surface area contributed by atoms with Crippen LogP contribution in [0.2, 0.25) is 0 Å². The minimum atomic E-state index is 0.239. The van der Waals surface area contributed by atoms with E-state index in [4.69, 9.17) is 12.2 Å². The van der Waals surface area contributed by atoms with Gasteiger partial charge in [-0.3, -0.25) is 0 Å². The Bertz CT molecular complexity index is 580. The maximum Gasteiger partial charge on any atom is 0.169 e. The average Bonchev–Trinajstić information content (AvgIpc) is 3.18. The number of rotatable bonds is 3. The number of nitrogens with zero attached hydrogens (tertiary/aromatic N) is 1. The van der Waals surface area contributed by atoms with Crippen LogP contribution in [0.5, 0.6) is 0 Å². The van der Waals surface area contributed by atoms with Crippen LogP contribution in [0.1, 0.15) is 42.3 Å². The van der Waals surface area contributed by atoms with Crippen LogP contribution in [-0.4, -0.2) is 16.6 Å². The summed E-state index contributed by atoms with van der Waals surface area (Å²) in [7, 11) is 0. The lowest BCUT2D eigenvalue weighted by Crippen LogP contribution is -2.40. The van der Waals surface area contributed by atoms with Gasteiger partial charge in [0, 0.05) is 11.4 Å². The van der Waals surface area contributed by atoms with Crippen LogP contribution in [0.15, 0.2) is 47.8 Å². The SMILES string of the molecule is CC(NC(=S)N1CCCC1c1cccs1)c1ccccc1. The molecule has 1 aliphatic rings. The lowest BCUT2D eigenvalue weighted by Gasteiger charge is -2.29. The summed E-state index contributed by atoms with van der Waals surface area (Å²) in [5, 5.41) is 6.52. The highest BCUT2D eigenvalue weighted by Crippen LogP contribution is 2.34. The first-order chi connectivity index (χ1) is 10.3. The van der Waals surface area contributed by atoms with Gasteiger partial charge in [-0.15, -0.1) is 11.3 Å². The highest BCUT2D eigenvalue weighted by atomic mass is 32.1. The highest BCUT2D eigenvalue weighted by molar-refractivity contribution is 7.80. The van der Waals surface area contributed by atoms with Gasteiger partial charge in [-0.25, -0.2) is 0 Å². The van der Waals surface area contributed by atoms with Gasteiger partial charge < -0.3 is 10.2 Å². The summed E-state index contributed by atoms with van der Waals surface area (Å²) in [6.45, 7) is 3.22. The fraction of sp³-hybridized carbons (Fsp3) is 0.353. The van der Waals surface area contributed by atoms with Crippen LogP contribution in [0, 0.1) is 0 Å². The quantitative estimate of drug-likeness (QED) is 0.838. The van der Waals surface area contributed by atoms with E-state index in [1.807, 2.05) is 17.4 Å². The van der Waals surface area contributed by atoms with Crippen LogP contribution in [0.3, 0.4) is 0 Å². The van der Waals surface area contributed by atoms with Gasteiger partial charge in [0.1, 0.15) is 0 Å². The maximum absolute atomic E-state index is 5.66.